The normalized spacial score (nSPS) is 12.2. The monoisotopic (exact) mass is 353 g/mol. The Bertz CT molecular complexity index is 586. The molecule has 2 aromatic rings. The number of ether oxygens (including phenoxy) is 1. The Morgan fingerprint density at radius 2 is 2.00 bits per heavy atom. The molecule has 0 aliphatic carbocycles. The highest BCUT2D eigenvalue weighted by Crippen LogP contribution is 2.27. The summed E-state index contributed by atoms with van der Waals surface area (Å²) in [6, 6.07) is 13.9. The standard InChI is InChI=1S/C16H17BrClNO/c1-11(19)8-12-6-7-16(15(18)9-12)20-10-13-4-2-3-5-14(13)17/h2-7,9,11H,8,10,19H2,1H3. The van der Waals surface area contributed by atoms with Gasteiger partial charge in [-0.1, -0.05) is 51.8 Å². The van der Waals surface area contributed by atoms with E-state index in [0.717, 1.165) is 22.0 Å². The second-order valence-corrected chi connectivity index (χ2v) is 6.09. The Labute approximate surface area is 133 Å². The summed E-state index contributed by atoms with van der Waals surface area (Å²) in [5.41, 5.74) is 7.99. The maximum atomic E-state index is 6.24. The van der Waals surface area contributed by atoms with E-state index in [2.05, 4.69) is 15.9 Å². The molecule has 1 unspecified atom stereocenters. The van der Waals surface area contributed by atoms with Crippen LogP contribution in [0.25, 0.3) is 0 Å². The van der Waals surface area contributed by atoms with Crippen molar-refractivity contribution in [1.82, 2.24) is 0 Å². The average molecular weight is 355 g/mol. The first kappa shape index (κ1) is 15.4. The molecule has 2 rings (SSSR count). The van der Waals surface area contributed by atoms with Gasteiger partial charge in [0, 0.05) is 16.1 Å². The van der Waals surface area contributed by atoms with Gasteiger partial charge in [-0.3, -0.25) is 0 Å². The van der Waals surface area contributed by atoms with Crippen molar-refractivity contribution >= 4 is 27.5 Å². The van der Waals surface area contributed by atoms with Gasteiger partial charge < -0.3 is 10.5 Å². The summed E-state index contributed by atoms with van der Waals surface area (Å²) in [5, 5.41) is 0.621. The molecule has 0 amide bonds. The number of hydrogen-bond acceptors (Lipinski definition) is 2. The Morgan fingerprint density at radius 1 is 1.25 bits per heavy atom. The van der Waals surface area contributed by atoms with Crippen molar-refractivity contribution in [3.05, 3.63) is 63.1 Å². The van der Waals surface area contributed by atoms with E-state index in [4.69, 9.17) is 22.1 Å². The third-order valence-corrected chi connectivity index (χ3v) is 3.96. The van der Waals surface area contributed by atoms with Crippen LogP contribution in [-0.4, -0.2) is 6.04 Å². The molecule has 0 spiro atoms. The minimum atomic E-state index is 0.123. The first-order valence-corrected chi connectivity index (χ1v) is 7.63. The molecular formula is C16H17BrClNO. The zero-order valence-electron chi connectivity index (χ0n) is 11.3. The predicted octanol–water partition coefficient (Wildman–Crippen LogP) is 4.57. The molecule has 20 heavy (non-hydrogen) atoms. The van der Waals surface area contributed by atoms with Gasteiger partial charge in [-0.2, -0.15) is 0 Å². The van der Waals surface area contributed by atoms with E-state index in [1.54, 1.807) is 0 Å². The van der Waals surface area contributed by atoms with Crippen LogP contribution in [0, 0.1) is 0 Å². The van der Waals surface area contributed by atoms with Crippen LogP contribution in [0.15, 0.2) is 46.9 Å². The first-order valence-electron chi connectivity index (χ1n) is 6.46. The quantitative estimate of drug-likeness (QED) is 0.853. The molecule has 0 saturated carbocycles. The highest BCUT2D eigenvalue weighted by Gasteiger charge is 2.06. The van der Waals surface area contributed by atoms with Gasteiger partial charge in [-0.15, -0.1) is 0 Å². The topological polar surface area (TPSA) is 35.2 Å². The fourth-order valence-electron chi connectivity index (χ4n) is 1.93. The summed E-state index contributed by atoms with van der Waals surface area (Å²) in [4.78, 5) is 0. The molecule has 2 nitrogen and oxygen atoms in total. The molecule has 0 radical (unpaired) electrons. The SMILES string of the molecule is CC(N)Cc1ccc(OCc2ccccc2Br)c(Cl)c1. The molecular weight excluding hydrogens is 338 g/mol. The van der Waals surface area contributed by atoms with Gasteiger partial charge in [-0.05, 0) is 37.1 Å². The first-order chi connectivity index (χ1) is 9.56. The molecule has 4 heteroatoms. The van der Waals surface area contributed by atoms with Gasteiger partial charge in [0.15, 0.2) is 0 Å². The van der Waals surface area contributed by atoms with Crippen LogP contribution >= 0.6 is 27.5 Å². The highest BCUT2D eigenvalue weighted by atomic mass is 79.9. The summed E-state index contributed by atoms with van der Waals surface area (Å²) in [6.45, 7) is 2.46. The van der Waals surface area contributed by atoms with E-state index in [0.29, 0.717) is 17.4 Å². The van der Waals surface area contributed by atoms with Crippen molar-refractivity contribution in [2.75, 3.05) is 0 Å². The summed E-state index contributed by atoms with van der Waals surface area (Å²) in [6.07, 6.45) is 0.810. The van der Waals surface area contributed by atoms with Gasteiger partial charge in [0.2, 0.25) is 0 Å². The number of hydrogen-bond donors (Lipinski definition) is 1. The van der Waals surface area contributed by atoms with Crippen LogP contribution in [0.2, 0.25) is 5.02 Å². The Balaban J connectivity index is 2.05. The number of benzene rings is 2. The number of nitrogens with two attached hydrogens (primary N) is 1. The van der Waals surface area contributed by atoms with E-state index >= 15 is 0 Å². The van der Waals surface area contributed by atoms with E-state index in [9.17, 15) is 0 Å². The van der Waals surface area contributed by atoms with Gasteiger partial charge in [0.25, 0.3) is 0 Å². The molecule has 0 aliphatic rings. The average Bonchev–Trinajstić information content (AvgIpc) is 2.39. The lowest BCUT2D eigenvalue weighted by atomic mass is 10.1. The molecule has 2 aromatic carbocycles. The van der Waals surface area contributed by atoms with Crippen molar-refractivity contribution in [1.29, 1.82) is 0 Å². The van der Waals surface area contributed by atoms with Crippen molar-refractivity contribution < 1.29 is 4.74 Å². The number of rotatable bonds is 5. The Morgan fingerprint density at radius 3 is 2.65 bits per heavy atom. The van der Waals surface area contributed by atoms with E-state index in [-0.39, 0.29) is 6.04 Å². The van der Waals surface area contributed by atoms with Gasteiger partial charge in [0.05, 0.1) is 5.02 Å². The molecule has 0 aliphatic heterocycles. The number of halogens is 2. The Kier molecular flexibility index (Phi) is 5.46. The maximum absolute atomic E-state index is 6.24. The largest absolute Gasteiger partial charge is 0.487 e. The summed E-state index contributed by atoms with van der Waals surface area (Å²) < 4.78 is 6.80. The van der Waals surface area contributed by atoms with Crippen LogP contribution < -0.4 is 10.5 Å². The smallest absolute Gasteiger partial charge is 0.138 e. The fourth-order valence-corrected chi connectivity index (χ4v) is 2.59. The third kappa shape index (κ3) is 4.23. The molecule has 0 aromatic heterocycles. The van der Waals surface area contributed by atoms with Crippen molar-refractivity contribution in [3.63, 3.8) is 0 Å². The van der Waals surface area contributed by atoms with Crippen LogP contribution in [0.3, 0.4) is 0 Å². The minimum Gasteiger partial charge on any atom is -0.487 e. The van der Waals surface area contributed by atoms with Crippen molar-refractivity contribution in [2.24, 2.45) is 5.73 Å². The lowest BCUT2D eigenvalue weighted by Gasteiger charge is -2.11. The van der Waals surface area contributed by atoms with E-state index in [1.165, 1.54) is 0 Å². The summed E-state index contributed by atoms with van der Waals surface area (Å²) in [5.74, 6) is 0.691. The second-order valence-electron chi connectivity index (χ2n) is 4.83. The van der Waals surface area contributed by atoms with Crippen molar-refractivity contribution in [2.45, 2.75) is 26.0 Å². The maximum Gasteiger partial charge on any atom is 0.138 e. The summed E-state index contributed by atoms with van der Waals surface area (Å²) >= 11 is 9.74. The molecule has 0 bridgehead atoms. The molecule has 0 saturated heterocycles. The van der Waals surface area contributed by atoms with Gasteiger partial charge in [0.1, 0.15) is 12.4 Å². The lowest BCUT2D eigenvalue weighted by molar-refractivity contribution is 0.305. The molecule has 0 fully saturated rings. The molecule has 106 valence electrons. The van der Waals surface area contributed by atoms with Gasteiger partial charge >= 0.3 is 0 Å². The van der Waals surface area contributed by atoms with Gasteiger partial charge in [-0.25, -0.2) is 0 Å². The zero-order valence-corrected chi connectivity index (χ0v) is 13.6. The fraction of sp³-hybridized carbons (Fsp3) is 0.250. The zero-order chi connectivity index (χ0) is 14.5. The van der Waals surface area contributed by atoms with E-state index in [1.807, 2.05) is 49.4 Å². The van der Waals surface area contributed by atoms with Crippen LogP contribution in [-0.2, 0) is 13.0 Å². The Hall–Kier alpha value is -1.03. The highest BCUT2D eigenvalue weighted by molar-refractivity contribution is 9.10. The third-order valence-electron chi connectivity index (χ3n) is 2.89. The molecule has 1 atom stereocenters. The minimum absolute atomic E-state index is 0.123. The van der Waals surface area contributed by atoms with Crippen LogP contribution in [0.1, 0.15) is 18.1 Å². The lowest BCUT2D eigenvalue weighted by Crippen LogP contribution is -2.17. The van der Waals surface area contributed by atoms with Crippen LogP contribution in [0.4, 0.5) is 0 Å². The van der Waals surface area contributed by atoms with Crippen molar-refractivity contribution in [3.8, 4) is 5.75 Å². The summed E-state index contributed by atoms with van der Waals surface area (Å²) in [7, 11) is 0. The van der Waals surface area contributed by atoms with Crippen LogP contribution in [0.5, 0.6) is 5.75 Å². The van der Waals surface area contributed by atoms with E-state index < -0.39 is 0 Å². The molecule has 2 N–H and O–H groups in total. The molecule has 0 heterocycles. The second kappa shape index (κ2) is 7.11. The predicted molar refractivity (Wildman–Crippen MR) is 87.3 cm³/mol.